The highest BCUT2D eigenvalue weighted by Gasteiger charge is 2.15. The minimum atomic E-state index is -0.962. The van der Waals surface area contributed by atoms with Crippen LogP contribution in [-0.2, 0) is 0 Å². The Labute approximate surface area is 209 Å². The molecule has 0 radical (unpaired) electrons. The second-order valence-electron chi connectivity index (χ2n) is 9.17. The smallest absolute Gasteiger partial charge is 0.159 e. The second-order valence-corrected chi connectivity index (χ2v) is 9.17. The highest BCUT2D eigenvalue weighted by molar-refractivity contribution is 5.64. The second kappa shape index (κ2) is 14.4. The van der Waals surface area contributed by atoms with Gasteiger partial charge in [-0.25, -0.2) is 14.4 Å². The van der Waals surface area contributed by atoms with E-state index in [1.54, 1.807) is 0 Å². The first-order valence-corrected chi connectivity index (χ1v) is 13.0. The molecule has 0 spiro atoms. The normalized spacial score (nSPS) is 12.8. The van der Waals surface area contributed by atoms with Crippen LogP contribution in [0, 0.1) is 5.92 Å². The lowest BCUT2D eigenvalue weighted by atomic mass is 10.0. The monoisotopic (exact) mass is 478 g/mol. The van der Waals surface area contributed by atoms with E-state index in [9.17, 15) is 4.39 Å². The molecular weight excluding hydrogens is 439 g/mol. The molecule has 0 aliphatic carbocycles. The predicted octanol–water partition coefficient (Wildman–Crippen LogP) is 8.31. The van der Waals surface area contributed by atoms with E-state index in [1.165, 1.54) is 32.1 Å². The van der Waals surface area contributed by atoms with Gasteiger partial charge >= 0.3 is 0 Å². The maximum atomic E-state index is 14.0. The van der Waals surface area contributed by atoms with Gasteiger partial charge in [0, 0.05) is 23.5 Å². The number of ether oxygens (including phenoxy) is 2. The lowest BCUT2D eigenvalue weighted by Crippen LogP contribution is -2.20. The molecule has 1 heterocycles. The Hall–Kier alpha value is -2.95. The largest absolute Gasteiger partial charge is 0.494 e. The summed E-state index contributed by atoms with van der Waals surface area (Å²) < 4.78 is 25.5. The number of hydrogen-bond donors (Lipinski definition) is 0. The Balaban J connectivity index is 1.48. The van der Waals surface area contributed by atoms with Gasteiger partial charge < -0.3 is 9.47 Å². The molecule has 1 aromatic heterocycles. The Kier molecular flexibility index (Phi) is 11.0. The summed E-state index contributed by atoms with van der Waals surface area (Å²) in [5.74, 6) is 2.18. The fourth-order valence-electron chi connectivity index (χ4n) is 3.74. The van der Waals surface area contributed by atoms with E-state index >= 15 is 0 Å². The Morgan fingerprint density at radius 3 is 1.91 bits per heavy atom. The van der Waals surface area contributed by atoms with E-state index in [2.05, 4.69) is 16.9 Å². The summed E-state index contributed by atoms with van der Waals surface area (Å²) in [5.41, 5.74) is 2.89. The lowest BCUT2D eigenvalue weighted by Gasteiger charge is -2.15. The molecule has 0 N–H and O–H groups in total. The fraction of sp³-hybridized carbons (Fsp3) is 0.467. The summed E-state index contributed by atoms with van der Waals surface area (Å²) >= 11 is 0. The summed E-state index contributed by atoms with van der Waals surface area (Å²) in [7, 11) is 0. The molecule has 35 heavy (non-hydrogen) atoms. The summed E-state index contributed by atoms with van der Waals surface area (Å²) in [6, 6.07) is 15.6. The van der Waals surface area contributed by atoms with Gasteiger partial charge in [-0.3, -0.25) is 0 Å². The number of benzene rings is 2. The van der Waals surface area contributed by atoms with Crippen molar-refractivity contribution in [2.24, 2.45) is 5.92 Å². The summed E-state index contributed by atoms with van der Waals surface area (Å²) in [4.78, 5) is 9.07. The molecule has 3 rings (SSSR count). The van der Waals surface area contributed by atoms with Crippen molar-refractivity contribution in [1.82, 2.24) is 9.97 Å². The van der Waals surface area contributed by atoms with E-state index in [4.69, 9.17) is 9.47 Å². The van der Waals surface area contributed by atoms with Gasteiger partial charge in [0.05, 0.1) is 6.61 Å². The molecule has 0 bridgehead atoms. The van der Waals surface area contributed by atoms with E-state index in [1.807, 2.05) is 74.8 Å². The minimum absolute atomic E-state index is 0.00461. The minimum Gasteiger partial charge on any atom is -0.494 e. The van der Waals surface area contributed by atoms with Gasteiger partial charge in [0.2, 0.25) is 0 Å². The van der Waals surface area contributed by atoms with Crippen LogP contribution in [0.25, 0.3) is 22.5 Å². The zero-order valence-corrected chi connectivity index (χ0v) is 21.4. The topological polar surface area (TPSA) is 44.2 Å². The molecule has 0 aliphatic rings. The zero-order chi connectivity index (χ0) is 24.9. The molecule has 4 nitrogen and oxygen atoms in total. The molecule has 0 saturated carbocycles. The number of rotatable bonds is 15. The third kappa shape index (κ3) is 8.65. The third-order valence-electron chi connectivity index (χ3n) is 6.39. The SMILES string of the molecule is CCCCCCCCOc1ccc(-c2cnc(-c3ccc(OCC(F)C(C)CC)cc3)nc2)cc1. The number of alkyl halides is 1. The van der Waals surface area contributed by atoms with Crippen molar-refractivity contribution in [2.75, 3.05) is 13.2 Å². The average molecular weight is 479 g/mol. The van der Waals surface area contributed by atoms with Crippen LogP contribution in [0.5, 0.6) is 11.5 Å². The van der Waals surface area contributed by atoms with Gasteiger partial charge in [0.1, 0.15) is 24.3 Å². The Bertz CT molecular complexity index is 975. The van der Waals surface area contributed by atoms with Crippen LogP contribution in [0.3, 0.4) is 0 Å². The van der Waals surface area contributed by atoms with Crippen molar-refractivity contribution in [2.45, 2.75) is 71.9 Å². The van der Waals surface area contributed by atoms with E-state index in [0.717, 1.165) is 41.9 Å². The van der Waals surface area contributed by atoms with Crippen molar-refractivity contribution in [1.29, 1.82) is 0 Å². The number of halogens is 1. The number of hydrogen-bond acceptors (Lipinski definition) is 4. The van der Waals surface area contributed by atoms with Gasteiger partial charge in [0.25, 0.3) is 0 Å². The molecule has 2 unspecified atom stereocenters. The first kappa shape index (κ1) is 26.7. The standard InChI is InChI=1S/C30H39FN2O2/c1-4-6-7-8-9-10-19-34-27-15-11-24(12-16-27)26-20-32-30(33-21-26)25-13-17-28(18-14-25)35-22-29(31)23(3)5-2/h11-18,20-21,23,29H,4-10,19,22H2,1-3H3. The van der Waals surface area contributed by atoms with Crippen LogP contribution in [0.2, 0.25) is 0 Å². The Morgan fingerprint density at radius 1 is 0.714 bits per heavy atom. The van der Waals surface area contributed by atoms with E-state index in [0.29, 0.717) is 11.6 Å². The van der Waals surface area contributed by atoms with Crippen molar-refractivity contribution >= 4 is 0 Å². The van der Waals surface area contributed by atoms with Crippen LogP contribution < -0.4 is 9.47 Å². The maximum absolute atomic E-state index is 14.0. The molecule has 0 aliphatic heterocycles. The third-order valence-corrected chi connectivity index (χ3v) is 6.39. The molecular formula is C30H39FN2O2. The first-order chi connectivity index (χ1) is 17.1. The Morgan fingerprint density at radius 2 is 1.29 bits per heavy atom. The molecule has 0 saturated heterocycles. The molecule has 2 atom stereocenters. The highest BCUT2D eigenvalue weighted by Crippen LogP contribution is 2.24. The molecule has 2 aromatic carbocycles. The molecule has 3 aromatic rings. The highest BCUT2D eigenvalue weighted by atomic mass is 19.1. The zero-order valence-electron chi connectivity index (χ0n) is 21.4. The van der Waals surface area contributed by atoms with Gasteiger partial charge in [-0.2, -0.15) is 0 Å². The number of unbranched alkanes of at least 4 members (excludes halogenated alkanes) is 5. The lowest BCUT2D eigenvalue weighted by molar-refractivity contribution is 0.145. The number of aromatic nitrogens is 2. The molecule has 5 heteroatoms. The van der Waals surface area contributed by atoms with E-state index in [-0.39, 0.29) is 12.5 Å². The molecule has 0 fully saturated rings. The van der Waals surface area contributed by atoms with Gasteiger partial charge in [0.15, 0.2) is 5.82 Å². The molecule has 188 valence electrons. The summed E-state index contributed by atoms with van der Waals surface area (Å²) in [6.07, 6.45) is 11.1. The average Bonchev–Trinajstić information content (AvgIpc) is 2.91. The maximum Gasteiger partial charge on any atom is 0.159 e. The quantitative estimate of drug-likeness (QED) is 0.206. The summed E-state index contributed by atoms with van der Waals surface area (Å²) in [5, 5.41) is 0. The van der Waals surface area contributed by atoms with Crippen LogP contribution in [0.4, 0.5) is 4.39 Å². The van der Waals surface area contributed by atoms with Gasteiger partial charge in [-0.15, -0.1) is 0 Å². The first-order valence-electron chi connectivity index (χ1n) is 13.0. The van der Waals surface area contributed by atoms with Crippen molar-refractivity contribution in [3.63, 3.8) is 0 Å². The van der Waals surface area contributed by atoms with Crippen LogP contribution in [0.15, 0.2) is 60.9 Å². The van der Waals surface area contributed by atoms with Crippen LogP contribution >= 0.6 is 0 Å². The van der Waals surface area contributed by atoms with Gasteiger partial charge in [-0.05, 0) is 54.3 Å². The van der Waals surface area contributed by atoms with Crippen molar-refractivity contribution in [3.8, 4) is 34.0 Å². The molecule has 0 amide bonds. The summed E-state index contributed by atoms with van der Waals surface area (Å²) in [6.45, 7) is 6.96. The van der Waals surface area contributed by atoms with Crippen molar-refractivity contribution in [3.05, 3.63) is 60.9 Å². The number of nitrogens with zero attached hydrogens (tertiary/aromatic N) is 2. The van der Waals surface area contributed by atoms with Crippen molar-refractivity contribution < 1.29 is 13.9 Å². The van der Waals surface area contributed by atoms with Crippen LogP contribution in [-0.4, -0.2) is 29.4 Å². The van der Waals surface area contributed by atoms with E-state index < -0.39 is 6.17 Å². The fourth-order valence-corrected chi connectivity index (χ4v) is 3.74. The van der Waals surface area contributed by atoms with Crippen LogP contribution in [0.1, 0.15) is 65.7 Å². The van der Waals surface area contributed by atoms with Gasteiger partial charge in [-0.1, -0.05) is 71.4 Å². The predicted molar refractivity (Wildman–Crippen MR) is 142 cm³/mol.